The standard InChI is InChI=1S/C10H13NS/c1-10(2,8-11)6-5-9-4-3-7-12-9/h3-4,7H,5-6H2,1-2H3. The molecule has 0 aliphatic carbocycles. The van der Waals surface area contributed by atoms with Crippen molar-refractivity contribution in [1.29, 1.82) is 5.26 Å². The molecule has 0 amide bonds. The largest absolute Gasteiger partial charge is 0.198 e. The monoisotopic (exact) mass is 179 g/mol. The lowest BCUT2D eigenvalue weighted by molar-refractivity contribution is 0.454. The Balaban J connectivity index is 2.42. The van der Waals surface area contributed by atoms with E-state index in [4.69, 9.17) is 5.26 Å². The van der Waals surface area contributed by atoms with Gasteiger partial charge in [0.15, 0.2) is 0 Å². The van der Waals surface area contributed by atoms with E-state index in [-0.39, 0.29) is 5.41 Å². The van der Waals surface area contributed by atoms with E-state index in [0.29, 0.717) is 0 Å². The third-order valence-corrected chi connectivity index (χ3v) is 2.82. The topological polar surface area (TPSA) is 23.8 Å². The Labute approximate surface area is 77.7 Å². The Kier molecular flexibility index (Phi) is 2.88. The highest BCUT2D eigenvalue weighted by Crippen LogP contribution is 2.22. The summed E-state index contributed by atoms with van der Waals surface area (Å²) in [4.78, 5) is 1.37. The molecule has 0 bridgehead atoms. The van der Waals surface area contributed by atoms with Crippen LogP contribution in [0.1, 0.15) is 25.1 Å². The zero-order valence-electron chi connectivity index (χ0n) is 7.50. The lowest BCUT2D eigenvalue weighted by Crippen LogP contribution is -2.08. The fourth-order valence-corrected chi connectivity index (χ4v) is 1.66. The van der Waals surface area contributed by atoms with Gasteiger partial charge in [-0.1, -0.05) is 6.07 Å². The molecule has 0 aliphatic rings. The molecular formula is C10H13NS. The van der Waals surface area contributed by atoms with Crippen LogP contribution in [0.4, 0.5) is 0 Å². The van der Waals surface area contributed by atoms with Crippen LogP contribution in [0.25, 0.3) is 0 Å². The van der Waals surface area contributed by atoms with Crippen molar-refractivity contribution in [3.63, 3.8) is 0 Å². The van der Waals surface area contributed by atoms with Gasteiger partial charge in [-0.05, 0) is 38.1 Å². The van der Waals surface area contributed by atoms with Crippen molar-refractivity contribution in [1.82, 2.24) is 0 Å². The fraction of sp³-hybridized carbons (Fsp3) is 0.500. The van der Waals surface area contributed by atoms with Crippen molar-refractivity contribution in [2.75, 3.05) is 0 Å². The minimum atomic E-state index is -0.177. The minimum absolute atomic E-state index is 0.177. The Morgan fingerprint density at radius 1 is 1.58 bits per heavy atom. The van der Waals surface area contributed by atoms with E-state index in [1.54, 1.807) is 11.3 Å². The van der Waals surface area contributed by atoms with Crippen molar-refractivity contribution >= 4 is 11.3 Å². The summed E-state index contributed by atoms with van der Waals surface area (Å²) in [6, 6.07) is 6.49. The van der Waals surface area contributed by atoms with Crippen LogP contribution in [-0.2, 0) is 6.42 Å². The summed E-state index contributed by atoms with van der Waals surface area (Å²) in [7, 11) is 0. The smallest absolute Gasteiger partial charge is 0.0684 e. The summed E-state index contributed by atoms with van der Waals surface area (Å²) >= 11 is 1.76. The summed E-state index contributed by atoms with van der Waals surface area (Å²) < 4.78 is 0. The molecule has 1 aromatic rings. The molecule has 0 fully saturated rings. The highest BCUT2D eigenvalue weighted by atomic mass is 32.1. The SMILES string of the molecule is CC(C)(C#N)CCc1cccs1. The van der Waals surface area contributed by atoms with E-state index in [1.165, 1.54) is 4.88 Å². The van der Waals surface area contributed by atoms with Crippen molar-refractivity contribution < 1.29 is 0 Å². The number of hydrogen-bond donors (Lipinski definition) is 0. The number of nitrogens with zero attached hydrogens (tertiary/aromatic N) is 1. The first-order valence-corrected chi connectivity index (χ1v) is 4.96. The van der Waals surface area contributed by atoms with Crippen molar-refractivity contribution in [3.8, 4) is 6.07 Å². The lowest BCUT2D eigenvalue weighted by atomic mass is 9.89. The van der Waals surface area contributed by atoms with E-state index in [1.807, 2.05) is 13.8 Å². The number of rotatable bonds is 3. The quantitative estimate of drug-likeness (QED) is 0.698. The Morgan fingerprint density at radius 3 is 2.83 bits per heavy atom. The molecule has 0 aromatic carbocycles. The Bertz CT molecular complexity index is 267. The predicted molar refractivity (Wildman–Crippen MR) is 52.0 cm³/mol. The second-order valence-electron chi connectivity index (χ2n) is 3.58. The minimum Gasteiger partial charge on any atom is -0.198 e. The molecule has 0 N–H and O–H groups in total. The van der Waals surface area contributed by atoms with Crippen LogP contribution in [0.5, 0.6) is 0 Å². The van der Waals surface area contributed by atoms with E-state index < -0.39 is 0 Å². The van der Waals surface area contributed by atoms with Crippen LogP contribution in [0.2, 0.25) is 0 Å². The molecular weight excluding hydrogens is 166 g/mol. The van der Waals surface area contributed by atoms with Gasteiger partial charge in [-0.15, -0.1) is 11.3 Å². The Hall–Kier alpha value is -0.810. The van der Waals surface area contributed by atoms with Crippen LogP contribution in [-0.4, -0.2) is 0 Å². The normalized spacial score (nSPS) is 11.1. The van der Waals surface area contributed by atoms with Gasteiger partial charge in [0.1, 0.15) is 0 Å². The van der Waals surface area contributed by atoms with Crippen LogP contribution in [0.3, 0.4) is 0 Å². The van der Waals surface area contributed by atoms with Crippen LogP contribution in [0.15, 0.2) is 17.5 Å². The molecule has 0 aliphatic heterocycles. The van der Waals surface area contributed by atoms with Crippen LogP contribution < -0.4 is 0 Å². The van der Waals surface area contributed by atoms with Gasteiger partial charge in [-0.2, -0.15) is 5.26 Å². The zero-order valence-corrected chi connectivity index (χ0v) is 8.32. The molecule has 0 atom stereocenters. The van der Waals surface area contributed by atoms with Gasteiger partial charge in [0.2, 0.25) is 0 Å². The number of hydrogen-bond acceptors (Lipinski definition) is 2. The molecule has 2 heteroatoms. The number of thiophene rings is 1. The van der Waals surface area contributed by atoms with Gasteiger partial charge in [0.05, 0.1) is 11.5 Å². The van der Waals surface area contributed by atoms with Gasteiger partial charge in [-0.3, -0.25) is 0 Å². The maximum Gasteiger partial charge on any atom is 0.0684 e. The second kappa shape index (κ2) is 3.73. The second-order valence-corrected chi connectivity index (χ2v) is 4.61. The maximum absolute atomic E-state index is 8.78. The molecule has 0 radical (unpaired) electrons. The first-order valence-electron chi connectivity index (χ1n) is 4.08. The third kappa shape index (κ3) is 2.67. The first kappa shape index (κ1) is 9.28. The molecule has 1 rings (SSSR count). The summed E-state index contributed by atoms with van der Waals surface area (Å²) in [5, 5.41) is 10.9. The van der Waals surface area contributed by atoms with Crippen LogP contribution >= 0.6 is 11.3 Å². The van der Waals surface area contributed by atoms with Gasteiger partial charge < -0.3 is 0 Å². The van der Waals surface area contributed by atoms with E-state index in [2.05, 4.69) is 23.6 Å². The van der Waals surface area contributed by atoms with Crippen LogP contribution in [0, 0.1) is 16.7 Å². The molecule has 0 unspecified atom stereocenters. The zero-order chi connectivity index (χ0) is 9.03. The van der Waals surface area contributed by atoms with Crippen molar-refractivity contribution in [2.24, 2.45) is 5.41 Å². The molecule has 1 nitrogen and oxygen atoms in total. The highest BCUT2D eigenvalue weighted by Gasteiger charge is 2.15. The molecule has 1 aromatic heterocycles. The summed E-state index contributed by atoms with van der Waals surface area (Å²) in [5.74, 6) is 0. The molecule has 1 heterocycles. The highest BCUT2D eigenvalue weighted by molar-refractivity contribution is 7.09. The van der Waals surface area contributed by atoms with Crippen molar-refractivity contribution in [2.45, 2.75) is 26.7 Å². The van der Waals surface area contributed by atoms with E-state index >= 15 is 0 Å². The molecule has 0 saturated heterocycles. The van der Waals surface area contributed by atoms with E-state index in [9.17, 15) is 0 Å². The molecule has 64 valence electrons. The number of nitriles is 1. The van der Waals surface area contributed by atoms with Gasteiger partial charge in [0.25, 0.3) is 0 Å². The first-order chi connectivity index (χ1) is 5.64. The summed E-state index contributed by atoms with van der Waals surface area (Å²) in [5.41, 5.74) is -0.177. The maximum atomic E-state index is 8.78. The third-order valence-electron chi connectivity index (χ3n) is 1.88. The fourth-order valence-electron chi connectivity index (χ4n) is 0.946. The Morgan fingerprint density at radius 2 is 2.33 bits per heavy atom. The van der Waals surface area contributed by atoms with Crippen molar-refractivity contribution in [3.05, 3.63) is 22.4 Å². The summed E-state index contributed by atoms with van der Waals surface area (Å²) in [6.07, 6.45) is 1.97. The summed E-state index contributed by atoms with van der Waals surface area (Å²) in [6.45, 7) is 3.97. The molecule has 12 heavy (non-hydrogen) atoms. The average Bonchev–Trinajstić information content (AvgIpc) is 2.53. The van der Waals surface area contributed by atoms with Gasteiger partial charge in [0, 0.05) is 4.88 Å². The molecule has 0 saturated carbocycles. The molecule has 0 spiro atoms. The van der Waals surface area contributed by atoms with Gasteiger partial charge in [-0.25, -0.2) is 0 Å². The number of aryl methyl sites for hydroxylation is 1. The lowest BCUT2D eigenvalue weighted by Gasteiger charge is -2.13. The average molecular weight is 179 g/mol. The predicted octanol–water partition coefficient (Wildman–Crippen LogP) is 3.23. The van der Waals surface area contributed by atoms with Gasteiger partial charge >= 0.3 is 0 Å². The van der Waals surface area contributed by atoms with E-state index in [0.717, 1.165) is 12.8 Å².